The maximum Gasteiger partial charge on any atom is 2.00 e. The first kappa shape index (κ1) is 16.3. The molecule has 0 amide bonds. The quantitative estimate of drug-likeness (QED) is 0.396. The van der Waals surface area contributed by atoms with Crippen molar-refractivity contribution in [2.75, 3.05) is 0 Å². The summed E-state index contributed by atoms with van der Waals surface area (Å²) >= 11 is 0. The molecule has 52 valence electrons. The van der Waals surface area contributed by atoms with E-state index in [1.807, 2.05) is 0 Å². The summed E-state index contributed by atoms with van der Waals surface area (Å²) in [6.45, 7) is 13.6. The second-order valence-electron chi connectivity index (χ2n) is 2.65. The fourth-order valence-electron chi connectivity index (χ4n) is 0. The predicted octanol–water partition coefficient (Wildman–Crippen LogP) is 3.09. The molecule has 0 aromatic heterocycles. The van der Waals surface area contributed by atoms with Crippen molar-refractivity contribution in [2.45, 2.75) is 34.6 Å². The van der Waals surface area contributed by atoms with E-state index in [0.29, 0.717) is 5.41 Å². The van der Waals surface area contributed by atoms with Crippen LogP contribution in [0, 0.1) is 18.8 Å². The fraction of sp³-hybridized carbons (Fsp3) is 0.750. The van der Waals surface area contributed by atoms with Crippen LogP contribution in [0.3, 0.4) is 0 Å². The van der Waals surface area contributed by atoms with Gasteiger partial charge in [0.2, 0.25) is 0 Å². The van der Waals surface area contributed by atoms with E-state index in [-0.39, 0.29) is 19.5 Å². The molecule has 1 heteroatoms. The maximum absolute atomic E-state index is 3.25. The van der Waals surface area contributed by atoms with E-state index in [9.17, 15) is 0 Å². The van der Waals surface area contributed by atoms with Crippen LogP contribution in [0.1, 0.15) is 34.6 Å². The summed E-state index contributed by atoms with van der Waals surface area (Å²) in [5.74, 6) is 0. The minimum Gasteiger partial charge on any atom is -0.346 e. The van der Waals surface area contributed by atoms with Gasteiger partial charge in [0.25, 0.3) is 0 Å². The third-order valence-corrected chi connectivity index (χ3v) is 0.866. The zero-order valence-electron chi connectivity index (χ0n) is 7.49. The standard InChI is InChI=1S/C6H13.C2H5.Zn/c1-5-6(2,3)4;1-2;/h5H,1-4H3;1H2,2H3;/q2*-1;+2. The summed E-state index contributed by atoms with van der Waals surface area (Å²) in [6, 6.07) is 0. The summed E-state index contributed by atoms with van der Waals surface area (Å²) in [4.78, 5) is 0. The van der Waals surface area contributed by atoms with Gasteiger partial charge in [0, 0.05) is 0 Å². The molecule has 0 saturated heterocycles. The Labute approximate surface area is 73.2 Å². The maximum atomic E-state index is 3.25. The Morgan fingerprint density at radius 1 is 1.11 bits per heavy atom. The van der Waals surface area contributed by atoms with E-state index >= 15 is 0 Å². The molecule has 0 fully saturated rings. The summed E-state index contributed by atoms with van der Waals surface area (Å²) in [5.41, 5.74) is 0.417. The van der Waals surface area contributed by atoms with Gasteiger partial charge < -0.3 is 13.3 Å². The Morgan fingerprint density at radius 3 is 1.22 bits per heavy atom. The van der Waals surface area contributed by atoms with Gasteiger partial charge in [-0.2, -0.15) is 19.3 Å². The largest absolute Gasteiger partial charge is 2.00 e. The molecule has 0 aromatic carbocycles. The molecule has 0 nitrogen and oxygen atoms in total. The SMILES string of the molecule is C[CH-]C(C)(C)C.[CH2-]C.[Zn+2]. The first-order valence-corrected chi connectivity index (χ1v) is 3.07. The molecule has 0 atom stereocenters. The summed E-state index contributed by atoms with van der Waals surface area (Å²) in [7, 11) is 0. The van der Waals surface area contributed by atoms with Gasteiger partial charge in [-0.05, 0) is 0 Å². The molecule has 0 aliphatic heterocycles. The summed E-state index contributed by atoms with van der Waals surface area (Å²) in [6.07, 6.45) is 2.19. The Bertz CT molecular complexity index is 34.3. The summed E-state index contributed by atoms with van der Waals surface area (Å²) < 4.78 is 0. The monoisotopic (exact) mass is 178 g/mol. The molecule has 0 radical (unpaired) electrons. The molecule has 0 spiro atoms. The zero-order valence-corrected chi connectivity index (χ0v) is 10.5. The van der Waals surface area contributed by atoms with Crippen LogP contribution in [0.15, 0.2) is 0 Å². The van der Waals surface area contributed by atoms with Crippen LogP contribution in [0.5, 0.6) is 0 Å². The Balaban J connectivity index is -0.000000109. The van der Waals surface area contributed by atoms with E-state index in [2.05, 4.69) is 41.0 Å². The van der Waals surface area contributed by atoms with E-state index in [1.165, 1.54) is 0 Å². The van der Waals surface area contributed by atoms with Crippen LogP contribution >= 0.6 is 0 Å². The van der Waals surface area contributed by atoms with Crippen molar-refractivity contribution >= 4 is 0 Å². The Morgan fingerprint density at radius 2 is 1.22 bits per heavy atom. The van der Waals surface area contributed by atoms with Crippen molar-refractivity contribution in [3.63, 3.8) is 0 Å². The van der Waals surface area contributed by atoms with Gasteiger partial charge in [-0.1, -0.05) is 20.8 Å². The van der Waals surface area contributed by atoms with Crippen molar-refractivity contribution in [2.24, 2.45) is 5.41 Å². The van der Waals surface area contributed by atoms with Gasteiger partial charge in [-0.15, -0.1) is 0 Å². The smallest absolute Gasteiger partial charge is 0.346 e. The third-order valence-electron chi connectivity index (χ3n) is 0.866. The Hall–Kier alpha value is 0.623. The van der Waals surface area contributed by atoms with Gasteiger partial charge >= 0.3 is 19.5 Å². The second-order valence-corrected chi connectivity index (χ2v) is 2.65. The number of hydrogen-bond donors (Lipinski definition) is 0. The molecule has 0 aromatic rings. The molecule has 0 aliphatic carbocycles. The van der Waals surface area contributed by atoms with Crippen LogP contribution in [0.2, 0.25) is 0 Å². The van der Waals surface area contributed by atoms with E-state index in [1.54, 1.807) is 6.92 Å². The molecule has 0 aliphatic rings. The van der Waals surface area contributed by atoms with Gasteiger partial charge in [0.15, 0.2) is 0 Å². The molecule has 0 rings (SSSR count). The third kappa shape index (κ3) is 28.8. The molecule has 0 unspecified atom stereocenters. The van der Waals surface area contributed by atoms with Gasteiger partial charge in [0.1, 0.15) is 0 Å². The van der Waals surface area contributed by atoms with Crippen molar-refractivity contribution in [1.82, 2.24) is 0 Å². The fourth-order valence-corrected chi connectivity index (χ4v) is 0. The second kappa shape index (κ2) is 8.62. The predicted molar refractivity (Wildman–Crippen MR) is 40.5 cm³/mol. The van der Waals surface area contributed by atoms with Crippen LogP contribution < -0.4 is 0 Å². The minimum atomic E-state index is 0. The van der Waals surface area contributed by atoms with Gasteiger partial charge in [-0.25, -0.2) is 0 Å². The number of hydrogen-bond acceptors (Lipinski definition) is 0. The van der Waals surface area contributed by atoms with Crippen molar-refractivity contribution in [3.8, 4) is 0 Å². The van der Waals surface area contributed by atoms with E-state index < -0.39 is 0 Å². The first-order chi connectivity index (χ1) is 3.56. The van der Waals surface area contributed by atoms with Crippen LogP contribution in [-0.4, -0.2) is 0 Å². The molecule has 0 saturated carbocycles. The molecular weight excluding hydrogens is 161 g/mol. The molecular formula is C8H18Zn. The van der Waals surface area contributed by atoms with Crippen molar-refractivity contribution < 1.29 is 19.5 Å². The topological polar surface area (TPSA) is 0 Å². The van der Waals surface area contributed by atoms with Crippen LogP contribution in [-0.2, 0) is 19.5 Å². The number of rotatable bonds is 0. The van der Waals surface area contributed by atoms with Crippen molar-refractivity contribution in [1.29, 1.82) is 0 Å². The van der Waals surface area contributed by atoms with E-state index in [4.69, 9.17) is 0 Å². The Kier molecular flexibility index (Phi) is 15.6. The minimum absolute atomic E-state index is 0. The first-order valence-electron chi connectivity index (χ1n) is 3.07. The van der Waals surface area contributed by atoms with Crippen molar-refractivity contribution in [3.05, 3.63) is 13.3 Å². The van der Waals surface area contributed by atoms with Gasteiger partial charge in [0.05, 0.1) is 0 Å². The zero-order chi connectivity index (χ0) is 7.21. The average Bonchev–Trinajstić information content (AvgIpc) is 1.71. The molecule has 0 bridgehead atoms. The van der Waals surface area contributed by atoms with E-state index in [0.717, 1.165) is 0 Å². The molecule has 9 heavy (non-hydrogen) atoms. The average molecular weight is 180 g/mol. The molecule has 0 heterocycles. The molecule has 0 N–H and O–H groups in total. The van der Waals surface area contributed by atoms with Crippen LogP contribution in [0.25, 0.3) is 0 Å². The van der Waals surface area contributed by atoms with Gasteiger partial charge in [-0.3, -0.25) is 0 Å². The summed E-state index contributed by atoms with van der Waals surface area (Å²) in [5, 5.41) is 0. The normalized spacial score (nSPS) is 8.67. The van der Waals surface area contributed by atoms with Crippen LogP contribution in [0.4, 0.5) is 0 Å².